The van der Waals surface area contributed by atoms with E-state index < -0.39 is 18.5 Å². The number of ether oxygens (including phenoxy) is 2. The molecule has 0 unspecified atom stereocenters. The number of nitriles is 1. The molecule has 0 fully saturated rings. The van der Waals surface area contributed by atoms with Crippen LogP contribution < -0.4 is 10.1 Å². The van der Waals surface area contributed by atoms with Gasteiger partial charge >= 0.3 is 5.97 Å². The monoisotopic (exact) mass is 370 g/mol. The van der Waals surface area contributed by atoms with Crippen LogP contribution in [0.5, 0.6) is 5.75 Å². The molecule has 134 valence electrons. The van der Waals surface area contributed by atoms with Crippen LogP contribution in [0.3, 0.4) is 0 Å². The maximum atomic E-state index is 12.2. The largest absolute Gasteiger partial charge is 0.496 e. The number of anilines is 1. The van der Waals surface area contributed by atoms with E-state index in [1.807, 2.05) is 0 Å². The van der Waals surface area contributed by atoms with Crippen LogP contribution in [-0.2, 0) is 22.4 Å². The Bertz CT molecular complexity index is 882. The molecule has 6 nitrogen and oxygen atoms in total. The zero-order valence-electron chi connectivity index (χ0n) is 14.3. The lowest BCUT2D eigenvalue weighted by Crippen LogP contribution is -2.21. The number of esters is 1. The van der Waals surface area contributed by atoms with Gasteiger partial charge in [-0.15, -0.1) is 11.3 Å². The third kappa shape index (κ3) is 3.70. The van der Waals surface area contributed by atoms with Crippen molar-refractivity contribution in [2.75, 3.05) is 19.0 Å². The van der Waals surface area contributed by atoms with Crippen molar-refractivity contribution in [3.63, 3.8) is 0 Å². The molecule has 0 saturated heterocycles. The summed E-state index contributed by atoms with van der Waals surface area (Å²) in [7, 11) is 1.46. The number of rotatable bonds is 5. The number of amides is 1. The third-order valence-electron chi connectivity index (χ3n) is 4.20. The number of aryl methyl sites for hydroxylation is 1. The predicted octanol–water partition coefficient (Wildman–Crippen LogP) is 3.30. The highest BCUT2D eigenvalue weighted by Gasteiger charge is 2.22. The van der Waals surface area contributed by atoms with Crippen molar-refractivity contribution in [2.24, 2.45) is 0 Å². The summed E-state index contributed by atoms with van der Waals surface area (Å²) in [5.74, 6) is -0.720. The second-order valence-corrected chi connectivity index (χ2v) is 6.96. The van der Waals surface area contributed by atoms with Crippen LogP contribution in [-0.4, -0.2) is 25.6 Å². The lowest BCUT2D eigenvalue weighted by molar-refractivity contribution is -0.119. The molecule has 2 aromatic rings. The number of para-hydroxylation sites is 1. The van der Waals surface area contributed by atoms with Gasteiger partial charge in [-0.3, -0.25) is 4.79 Å². The number of nitrogens with one attached hydrogen (secondary N) is 1. The molecule has 1 aliphatic rings. The highest BCUT2D eigenvalue weighted by molar-refractivity contribution is 7.16. The fraction of sp³-hybridized carbons (Fsp3) is 0.316. The fourth-order valence-electron chi connectivity index (χ4n) is 2.96. The van der Waals surface area contributed by atoms with Gasteiger partial charge in [0.1, 0.15) is 22.4 Å². The minimum Gasteiger partial charge on any atom is -0.496 e. The molecule has 1 N–H and O–H groups in total. The average Bonchev–Trinajstić information content (AvgIpc) is 3.02. The van der Waals surface area contributed by atoms with E-state index in [9.17, 15) is 14.9 Å². The Balaban J connectivity index is 1.64. The number of nitrogens with zero attached hydrogens (tertiary/aromatic N) is 1. The molecule has 7 heteroatoms. The summed E-state index contributed by atoms with van der Waals surface area (Å²) < 4.78 is 10.2. The molecule has 0 atom stereocenters. The summed E-state index contributed by atoms with van der Waals surface area (Å²) >= 11 is 1.44. The molecular formula is C19H18N2O4S. The minimum absolute atomic E-state index is 0.257. The molecule has 1 amide bonds. The molecule has 1 aromatic carbocycles. The van der Waals surface area contributed by atoms with E-state index in [4.69, 9.17) is 9.47 Å². The molecule has 1 aliphatic carbocycles. The molecule has 0 radical (unpaired) electrons. The van der Waals surface area contributed by atoms with Crippen LogP contribution in [0, 0.1) is 11.3 Å². The standard InChI is InChI=1S/C19H18N2O4S/c1-24-15-8-4-2-7-13(15)19(23)25-11-17(22)21-18-14(10-20)12-6-3-5-9-16(12)26-18/h2,4,7-8H,3,5-6,9,11H2,1H3,(H,21,22). The van der Waals surface area contributed by atoms with Crippen molar-refractivity contribution in [1.82, 2.24) is 0 Å². The first-order chi connectivity index (χ1) is 12.6. The topological polar surface area (TPSA) is 88.4 Å². The van der Waals surface area contributed by atoms with Crippen molar-refractivity contribution in [2.45, 2.75) is 25.7 Å². The van der Waals surface area contributed by atoms with E-state index in [0.29, 0.717) is 16.3 Å². The van der Waals surface area contributed by atoms with Crippen molar-refractivity contribution in [3.8, 4) is 11.8 Å². The Morgan fingerprint density at radius 3 is 2.81 bits per heavy atom. The first-order valence-electron chi connectivity index (χ1n) is 8.28. The molecule has 3 rings (SSSR count). The van der Waals surface area contributed by atoms with Gasteiger partial charge in [-0.1, -0.05) is 12.1 Å². The van der Waals surface area contributed by atoms with Crippen molar-refractivity contribution in [1.29, 1.82) is 5.26 Å². The zero-order valence-corrected chi connectivity index (χ0v) is 15.1. The van der Waals surface area contributed by atoms with Crippen LogP contribution in [0.1, 0.15) is 39.2 Å². The fourth-order valence-corrected chi connectivity index (χ4v) is 4.21. The Labute approximate surface area is 155 Å². The van der Waals surface area contributed by atoms with Crippen LogP contribution in [0.2, 0.25) is 0 Å². The van der Waals surface area contributed by atoms with Gasteiger partial charge in [0, 0.05) is 4.88 Å². The van der Waals surface area contributed by atoms with Gasteiger partial charge in [0.05, 0.1) is 12.7 Å². The molecule has 0 spiro atoms. The summed E-state index contributed by atoms with van der Waals surface area (Å²) in [4.78, 5) is 25.5. The number of fused-ring (bicyclic) bond motifs is 1. The number of hydrogen-bond acceptors (Lipinski definition) is 6. The number of thiophene rings is 1. The van der Waals surface area contributed by atoms with Gasteiger partial charge in [-0.05, 0) is 43.4 Å². The van der Waals surface area contributed by atoms with Crippen LogP contribution in [0.4, 0.5) is 5.00 Å². The maximum absolute atomic E-state index is 12.2. The van der Waals surface area contributed by atoms with E-state index >= 15 is 0 Å². The smallest absolute Gasteiger partial charge is 0.342 e. The van der Waals surface area contributed by atoms with Crippen molar-refractivity contribution in [3.05, 3.63) is 45.8 Å². The second-order valence-electron chi connectivity index (χ2n) is 5.85. The Hall–Kier alpha value is -2.85. The van der Waals surface area contributed by atoms with Gasteiger partial charge in [0.25, 0.3) is 5.91 Å². The van der Waals surface area contributed by atoms with E-state index in [1.165, 1.54) is 18.4 Å². The third-order valence-corrected chi connectivity index (χ3v) is 5.40. The van der Waals surface area contributed by atoms with Crippen LogP contribution in [0.15, 0.2) is 24.3 Å². The summed E-state index contributed by atoms with van der Waals surface area (Å²) in [5.41, 5.74) is 1.84. The van der Waals surface area contributed by atoms with Crippen molar-refractivity contribution < 1.29 is 19.1 Å². The van der Waals surface area contributed by atoms with E-state index in [-0.39, 0.29) is 5.56 Å². The molecule has 1 aromatic heterocycles. The number of hydrogen-bond donors (Lipinski definition) is 1. The molecule has 0 bridgehead atoms. The zero-order chi connectivity index (χ0) is 18.5. The number of carbonyl (C=O) groups is 2. The summed E-state index contributed by atoms with van der Waals surface area (Å²) in [5, 5.41) is 12.6. The predicted molar refractivity (Wildman–Crippen MR) is 97.6 cm³/mol. The van der Waals surface area contributed by atoms with Crippen LogP contribution in [0.25, 0.3) is 0 Å². The van der Waals surface area contributed by atoms with Crippen LogP contribution >= 0.6 is 11.3 Å². The lowest BCUT2D eigenvalue weighted by atomic mass is 9.96. The summed E-state index contributed by atoms with van der Waals surface area (Å²) in [6, 6.07) is 8.83. The SMILES string of the molecule is COc1ccccc1C(=O)OCC(=O)Nc1sc2c(c1C#N)CCCC2. The molecule has 0 saturated carbocycles. The minimum atomic E-state index is -0.636. The highest BCUT2D eigenvalue weighted by Crippen LogP contribution is 2.37. The van der Waals surface area contributed by atoms with Gasteiger partial charge in [0.2, 0.25) is 0 Å². The molecular weight excluding hydrogens is 352 g/mol. The Kier molecular flexibility index (Phi) is 5.54. The van der Waals surface area contributed by atoms with E-state index in [0.717, 1.165) is 36.1 Å². The average molecular weight is 370 g/mol. The normalized spacial score (nSPS) is 12.6. The second kappa shape index (κ2) is 8.02. The Morgan fingerprint density at radius 1 is 1.27 bits per heavy atom. The molecule has 26 heavy (non-hydrogen) atoms. The van der Waals surface area contributed by atoms with E-state index in [1.54, 1.807) is 24.3 Å². The quantitative estimate of drug-likeness (QED) is 0.816. The lowest BCUT2D eigenvalue weighted by Gasteiger charge is -2.09. The first kappa shape index (κ1) is 18.0. The Morgan fingerprint density at radius 2 is 2.04 bits per heavy atom. The molecule has 1 heterocycles. The maximum Gasteiger partial charge on any atom is 0.342 e. The van der Waals surface area contributed by atoms with E-state index in [2.05, 4.69) is 11.4 Å². The van der Waals surface area contributed by atoms with Gasteiger partial charge in [-0.2, -0.15) is 5.26 Å². The first-order valence-corrected chi connectivity index (χ1v) is 9.10. The number of methoxy groups -OCH3 is 1. The summed E-state index contributed by atoms with van der Waals surface area (Å²) in [6.07, 6.45) is 3.96. The van der Waals surface area contributed by atoms with Gasteiger partial charge in [-0.25, -0.2) is 4.79 Å². The van der Waals surface area contributed by atoms with Crippen molar-refractivity contribution >= 4 is 28.2 Å². The molecule has 0 aliphatic heterocycles. The highest BCUT2D eigenvalue weighted by atomic mass is 32.1. The number of benzene rings is 1. The van der Waals surface area contributed by atoms with Gasteiger partial charge < -0.3 is 14.8 Å². The summed E-state index contributed by atoms with van der Waals surface area (Å²) in [6.45, 7) is -0.426. The number of carbonyl (C=O) groups excluding carboxylic acids is 2. The van der Waals surface area contributed by atoms with Gasteiger partial charge in [0.15, 0.2) is 6.61 Å².